The minimum atomic E-state index is 0.558. The molecular weight excluding hydrogens is 301 g/mol. The summed E-state index contributed by atoms with van der Waals surface area (Å²) in [4.78, 5) is 0. The van der Waals surface area contributed by atoms with Crippen LogP contribution in [0.15, 0.2) is 18.2 Å². The molecule has 0 aromatic heterocycles. The predicted molar refractivity (Wildman–Crippen MR) is 93.4 cm³/mol. The van der Waals surface area contributed by atoms with Crippen LogP contribution in [0.5, 0.6) is 0 Å². The van der Waals surface area contributed by atoms with Gasteiger partial charge in [-0.05, 0) is 55.8 Å². The lowest BCUT2D eigenvalue weighted by Crippen LogP contribution is -2.32. The first-order valence-electron chi connectivity index (χ1n) is 8.36. The van der Waals surface area contributed by atoms with Crippen LogP contribution in [0.4, 0.5) is 0 Å². The molecule has 1 N–H and O–H groups in total. The third-order valence-corrected chi connectivity index (χ3v) is 5.29. The molecule has 1 aliphatic carbocycles. The average molecular weight is 328 g/mol. The van der Waals surface area contributed by atoms with E-state index in [1.165, 1.54) is 50.5 Å². The summed E-state index contributed by atoms with van der Waals surface area (Å²) in [6.07, 6.45) is 10.6. The fourth-order valence-electron chi connectivity index (χ4n) is 3.31. The van der Waals surface area contributed by atoms with E-state index in [2.05, 4.69) is 18.3 Å². The van der Waals surface area contributed by atoms with Gasteiger partial charge in [-0.3, -0.25) is 0 Å². The summed E-state index contributed by atoms with van der Waals surface area (Å²) in [5.41, 5.74) is 1.28. The quantitative estimate of drug-likeness (QED) is 0.629. The molecule has 0 radical (unpaired) electrons. The predicted octanol–water partition coefficient (Wildman–Crippen LogP) is 5.87. The average Bonchev–Trinajstić information content (AvgIpc) is 2.99. The molecule has 118 valence electrons. The van der Waals surface area contributed by atoms with E-state index in [4.69, 9.17) is 23.2 Å². The number of nitrogens with one attached hydrogen (secondary N) is 1. The minimum absolute atomic E-state index is 0.558. The van der Waals surface area contributed by atoms with Gasteiger partial charge < -0.3 is 5.32 Å². The van der Waals surface area contributed by atoms with Gasteiger partial charge in [0.25, 0.3) is 0 Å². The Morgan fingerprint density at radius 2 is 1.95 bits per heavy atom. The molecule has 1 nitrogen and oxygen atoms in total. The molecule has 2 rings (SSSR count). The highest BCUT2D eigenvalue weighted by Gasteiger charge is 2.17. The fraction of sp³-hybridized carbons (Fsp3) is 0.667. The summed E-state index contributed by atoms with van der Waals surface area (Å²) in [5, 5.41) is 5.01. The van der Waals surface area contributed by atoms with Crippen LogP contribution < -0.4 is 5.32 Å². The normalized spacial score (nSPS) is 17.3. The van der Waals surface area contributed by atoms with Crippen LogP contribution in [-0.2, 0) is 6.42 Å². The van der Waals surface area contributed by atoms with Gasteiger partial charge in [0.05, 0.1) is 10.0 Å². The van der Waals surface area contributed by atoms with Crippen molar-refractivity contribution in [2.75, 3.05) is 6.54 Å². The van der Waals surface area contributed by atoms with Gasteiger partial charge in [-0.25, -0.2) is 0 Å². The van der Waals surface area contributed by atoms with Gasteiger partial charge in [-0.1, -0.05) is 61.9 Å². The molecular formula is C18H27Cl2N. The van der Waals surface area contributed by atoms with Crippen molar-refractivity contribution < 1.29 is 0 Å². The molecule has 3 heteroatoms. The Morgan fingerprint density at radius 3 is 2.62 bits per heavy atom. The molecule has 1 fully saturated rings. The van der Waals surface area contributed by atoms with Gasteiger partial charge in [0.15, 0.2) is 0 Å². The van der Waals surface area contributed by atoms with Gasteiger partial charge in [0.1, 0.15) is 0 Å². The lowest BCUT2D eigenvalue weighted by molar-refractivity contribution is 0.402. The van der Waals surface area contributed by atoms with Crippen molar-refractivity contribution >= 4 is 23.2 Å². The number of hydrogen-bond acceptors (Lipinski definition) is 1. The zero-order valence-electron chi connectivity index (χ0n) is 13.0. The van der Waals surface area contributed by atoms with Crippen LogP contribution in [0, 0.1) is 5.92 Å². The summed E-state index contributed by atoms with van der Waals surface area (Å²) in [5.74, 6) is 0.963. The maximum Gasteiger partial charge on any atom is 0.0595 e. The molecule has 0 amide bonds. The van der Waals surface area contributed by atoms with E-state index < -0.39 is 0 Å². The number of benzene rings is 1. The van der Waals surface area contributed by atoms with Crippen LogP contribution in [0.2, 0.25) is 10.0 Å². The van der Waals surface area contributed by atoms with Gasteiger partial charge in [-0.15, -0.1) is 0 Å². The molecule has 21 heavy (non-hydrogen) atoms. The molecule has 1 unspecified atom stereocenters. The van der Waals surface area contributed by atoms with E-state index >= 15 is 0 Å². The Morgan fingerprint density at radius 1 is 1.19 bits per heavy atom. The number of halogens is 2. The SMILES string of the molecule is CCCNC(CCC1CCCC1)Cc1ccc(Cl)c(Cl)c1. The Hall–Kier alpha value is -0.240. The largest absolute Gasteiger partial charge is 0.314 e. The maximum absolute atomic E-state index is 6.13. The molecule has 1 aliphatic rings. The topological polar surface area (TPSA) is 12.0 Å². The second-order valence-electron chi connectivity index (χ2n) is 6.33. The second kappa shape index (κ2) is 9.02. The van der Waals surface area contributed by atoms with Crippen molar-refractivity contribution in [3.63, 3.8) is 0 Å². The molecule has 0 bridgehead atoms. The summed E-state index contributed by atoms with van der Waals surface area (Å²) >= 11 is 12.1. The highest BCUT2D eigenvalue weighted by molar-refractivity contribution is 6.42. The van der Waals surface area contributed by atoms with Crippen molar-refractivity contribution in [1.29, 1.82) is 0 Å². The van der Waals surface area contributed by atoms with E-state index in [-0.39, 0.29) is 0 Å². The zero-order valence-corrected chi connectivity index (χ0v) is 14.5. The summed E-state index contributed by atoms with van der Waals surface area (Å²) in [6, 6.07) is 6.58. The number of rotatable bonds is 8. The van der Waals surface area contributed by atoms with Crippen molar-refractivity contribution in [3.05, 3.63) is 33.8 Å². The van der Waals surface area contributed by atoms with Crippen molar-refractivity contribution in [2.45, 2.75) is 64.3 Å². The van der Waals surface area contributed by atoms with Crippen LogP contribution in [-0.4, -0.2) is 12.6 Å². The molecule has 0 aliphatic heterocycles. The fourth-order valence-corrected chi connectivity index (χ4v) is 3.63. The Kier molecular flexibility index (Phi) is 7.36. The van der Waals surface area contributed by atoms with Gasteiger partial charge in [0, 0.05) is 6.04 Å². The van der Waals surface area contributed by atoms with Crippen LogP contribution in [0.25, 0.3) is 0 Å². The standard InChI is InChI=1S/C18H27Cl2N/c1-2-11-21-16(9-7-14-5-3-4-6-14)12-15-8-10-17(19)18(20)13-15/h8,10,13-14,16,21H,2-7,9,11-12H2,1H3. The van der Waals surface area contributed by atoms with Gasteiger partial charge >= 0.3 is 0 Å². The maximum atomic E-state index is 6.13. The first kappa shape index (κ1) is 17.1. The Balaban J connectivity index is 1.89. The highest BCUT2D eigenvalue weighted by atomic mass is 35.5. The first-order chi connectivity index (χ1) is 10.2. The smallest absolute Gasteiger partial charge is 0.0595 e. The lowest BCUT2D eigenvalue weighted by Gasteiger charge is -2.20. The minimum Gasteiger partial charge on any atom is -0.314 e. The molecule has 0 heterocycles. The third kappa shape index (κ3) is 5.81. The van der Waals surface area contributed by atoms with Crippen LogP contribution in [0.3, 0.4) is 0 Å². The third-order valence-electron chi connectivity index (χ3n) is 4.55. The molecule has 0 saturated heterocycles. The van der Waals surface area contributed by atoms with E-state index in [1.54, 1.807) is 0 Å². The summed E-state index contributed by atoms with van der Waals surface area (Å²) in [7, 11) is 0. The highest BCUT2D eigenvalue weighted by Crippen LogP contribution is 2.29. The molecule has 1 saturated carbocycles. The monoisotopic (exact) mass is 327 g/mol. The van der Waals surface area contributed by atoms with Gasteiger partial charge in [0.2, 0.25) is 0 Å². The van der Waals surface area contributed by atoms with Crippen molar-refractivity contribution in [3.8, 4) is 0 Å². The molecule has 1 atom stereocenters. The van der Waals surface area contributed by atoms with Gasteiger partial charge in [-0.2, -0.15) is 0 Å². The van der Waals surface area contributed by atoms with Crippen molar-refractivity contribution in [2.24, 2.45) is 5.92 Å². The van der Waals surface area contributed by atoms with Crippen LogP contribution in [0.1, 0.15) is 57.4 Å². The first-order valence-corrected chi connectivity index (χ1v) is 9.12. The molecule has 0 spiro atoms. The number of hydrogen-bond donors (Lipinski definition) is 1. The van der Waals surface area contributed by atoms with Crippen LogP contribution >= 0.6 is 23.2 Å². The summed E-state index contributed by atoms with van der Waals surface area (Å²) < 4.78 is 0. The zero-order chi connectivity index (χ0) is 15.1. The van der Waals surface area contributed by atoms with E-state index in [1.807, 2.05) is 12.1 Å². The van der Waals surface area contributed by atoms with E-state index in [9.17, 15) is 0 Å². The van der Waals surface area contributed by atoms with E-state index in [0.29, 0.717) is 16.1 Å². The Labute approximate surface area is 139 Å². The second-order valence-corrected chi connectivity index (χ2v) is 7.15. The summed E-state index contributed by atoms with van der Waals surface area (Å²) in [6.45, 7) is 3.32. The van der Waals surface area contributed by atoms with E-state index in [0.717, 1.165) is 18.9 Å². The molecule has 1 aromatic rings. The Bertz CT molecular complexity index is 427. The molecule has 1 aromatic carbocycles. The lowest BCUT2D eigenvalue weighted by atomic mass is 9.95. The van der Waals surface area contributed by atoms with Crippen molar-refractivity contribution in [1.82, 2.24) is 5.32 Å².